The number of aromatic nitrogens is 2. The molecule has 4 nitrogen and oxygen atoms in total. The standard InChI is InChI=1S/C15H14FN3O/c1-9-2-3-11(16)6-10(9)8-17-12-4-5-13-14(7-12)19-15(20)18-13/h2-7,17H,8H2,1H3,(H2,18,19,20). The first-order valence-electron chi connectivity index (χ1n) is 6.33. The van der Waals surface area contributed by atoms with Gasteiger partial charge in [0, 0.05) is 12.2 Å². The number of nitrogens with one attached hydrogen (secondary N) is 3. The van der Waals surface area contributed by atoms with Gasteiger partial charge in [0.25, 0.3) is 0 Å². The summed E-state index contributed by atoms with van der Waals surface area (Å²) in [6, 6.07) is 10.3. The van der Waals surface area contributed by atoms with Crippen molar-refractivity contribution in [1.29, 1.82) is 0 Å². The number of rotatable bonds is 3. The van der Waals surface area contributed by atoms with Crippen molar-refractivity contribution in [3.63, 3.8) is 0 Å². The molecule has 3 aromatic rings. The summed E-state index contributed by atoms with van der Waals surface area (Å²) < 4.78 is 13.2. The maximum absolute atomic E-state index is 13.2. The van der Waals surface area contributed by atoms with E-state index < -0.39 is 0 Å². The third-order valence-corrected chi connectivity index (χ3v) is 3.31. The fourth-order valence-corrected chi connectivity index (χ4v) is 2.17. The highest BCUT2D eigenvalue weighted by atomic mass is 19.1. The summed E-state index contributed by atoms with van der Waals surface area (Å²) in [5.41, 5.74) is 4.11. The summed E-state index contributed by atoms with van der Waals surface area (Å²) >= 11 is 0. The molecule has 3 rings (SSSR count). The van der Waals surface area contributed by atoms with Gasteiger partial charge in [0.15, 0.2) is 0 Å². The van der Waals surface area contributed by atoms with Gasteiger partial charge in [-0.1, -0.05) is 6.07 Å². The molecule has 1 heterocycles. The van der Waals surface area contributed by atoms with E-state index in [-0.39, 0.29) is 11.5 Å². The van der Waals surface area contributed by atoms with Gasteiger partial charge in [-0.25, -0.2) is 9.18 Å². The van der Waals surface area contributed by atoms with Crippen LogP contribution in [0.25, 0.3) is 11.0 Å². The Morgan fingerprint density at radius 1 is 1.10 bits per heavy atom. The molecule has 0 unspecified atom stereocenters. The molecule has 0 aliphatic carbocycles. The molecule has 0 atom stereocenters. The Bertz CT molecular complexity index is 819. The summed E-state index contributed by atoms with van der Waals surface area (Å²) in [5.74, 6) is -0.238. The highest BCUT2D eigenvalue weighted by molar-refractivity contribution is 5.78. The molecule has 0 saturated heterocycles. The minimum atomic E-state index is -0.238. The van der Waals surface area contributed by atoms with E-state index >= 15 is 0 Å². The summed E-state index contributed by atoms with van der Waals surface area (Å²) in [6.07, 6.45) is 0. The molecular formula is C15H14FN3O. The average Bonchev–Trinajstić information content (AvgIpc) is 2.79. The fraction of sp³-hybridized carbons (Fsp3) is 0.133. The molecule has 5 heteroatoms. The lowest BCUT2D eigenvalue weighted by Gasteiger charge is -2.09. The second kappa shape index (κ2) is 4.85. The molecule has 102 valence electrons. The van der Waals surface area contributed by atoms with E-state index in [1.54, 1.807) is 6.07 Å². The van der Waals surface area contributed by atoms with Gasteiger partial charge in [0.1, 0.15) is 5.82 Å². The van der Waals surface area contributed by atoms with Crippen LogP contribution in [0.5, 0.6) is 0 Å². The topological polar surface area (TPSA) is 60.7 Å². The van der Waals surface area contributed by atoms with E-state index in [0.29, 0.717) is 6.54 Å². The Balaban J connectivity index is 1.82. The molecule has 0 aliphatic heterocycles. The van der Waals surface area contributed by atoms with E-state index in [1.165, 1.54) is 12.1 Å². The van der Waals surface area contributed by atoms with Crippen molar-refractivity contribution in [3.05, 3.63) is 63.8 Å². The van der Waals surface area contributed by atoms with Gasteiger partial charge in [-0.3, -0.25) is 0 Å². The summed E-state index contributed by atoms with van der Waals surface area (Å²) in [7, 11) is 0. The van der Waals surface area contributed by atoms with Gasteiger partial charge in [-0.05, 0) is 48.4 Å². The van der Waals surface area contributed by atoms with Crippen molar-refractivity contribution in [2.75, 3.05) is 5.32 Å². The summed E-state index contributed by atoms with van der Waals surface area (Å²) in [6.45, 7) is 2.48. The minimum Gasteiger partial charge on any atom is -0.381 e. The van der Waals surface area contributed by atoms with Crippen LogP contribution in [0, 0.1) is 12.7 Å². The molecule has 20 heavy (non-hydrogen) atoms. The molecule has 0 aliphatic rings. The van der Waals surface area contributed by atoms with Crippen LogP contribution in [0.2, 0.25) is 0 Å². The van der Waals surface area contributed by atoms with E-state index in [1.807, 2.05) is 25.1 Å². The van der Waals surface area contributed by atoms with Crippen molar-refractivity contribution in [2.24, 2.45) is 0 Å². The van der Waals surface area contributed by atoms with Crippen molar-refractivity contribution in [2.45, 2.75) is 13.5 Å². The van der Waals surface area contributed by atoms with Gasteiger partial charge < -0.3 is 15.3 Å². The van der Waals surface area contributed by atoms with Gasteiger partial charge >= 0.3 is 5.69 Å². The number of H-pyrrole nitrogens is 2. The van der Waals surface area contributed by atoms with Crippen LogP contribution in [-0.2, 0) is 6.54 Å². The summed E-state index contributed by atoms with van der Waals surface area (Å²) in [4.78, 5) is 16.6. The molecular weight excluding hydrogens is 257 g/mol. The number of imidazole rings is 1. The van der Waals surface area contributed by atoms with Crippen LogP contribution in [0.15, 0.2) is 41.2 Å². The molecule has 0 bridgehead atoms. The first-order valence-corrected chi connectivity index (χ1v) is 6.33. The van der Waals surface area contributed by atoms with E-state index in [2.05, 4.69) is 15.3 Å². The number of hydrogen-bond acceptors (Lipinski definition) is 2. The van der Waals surface area contributed by atoms with Crippen molar-refractivity contribution in [1.82, 2.24) is 9.97 Å². The zero-order valence-electron chi connectivity index (χ0n) is 11.0. The first-order chi connectivity index (χ1) is 9.61. The smallest absolute Gasteiger partial charge is 0.323 e. The maximum Gasteiger partial charge on any atom is 0.323 e. The molecule has 0 fully saturated rings. The number of anilines is 1. The van der Waals surface area contributed by atoms with Crippen LogP contribution >= 0.6 is 0 Å². The Labute approximate surface area is 114 Å². The monoisotopic (exact) mass is 271 g/mol. The first kappa shape index (κ1) is 12.5. The Kier molecular flexibility index (Phi) is 3.02. The lowest BCUT2D eigenvalue weighted by molar-refractivity contribution is 0.625. The third kappa shape index (κ3) is 2.42. The zero-order valence-corrected chi connectivity index (χ0v) is 11.0. The predicted molar refractivity (Wildman–Crippen MR) is 77.4 cm³/mol. The number of halogens is 1. The maximum atomic E-state index is 13.2. The van der Waals surface area contributed by atoms with Crippen LogP contribution in [0.3, 0.4) is 0 Å². The van der Waals surface area contributed by atoms with E-state index in [0.717, 1.165) is 27.8 Å². The minimum absolute atomic E-state index is 0.224. The number of hydrogen-bond donors (Lipinski definition) is 3. The van der Waals surface area contributed by atoms with Crippen LogP contribution in [0.4, 0.5) is 10.1 Å². The fourth-order valence-electron chi connectivity index (χ4n) is 2.17. The predicted octanol–water partition coefficient (Wildman–Crippen LogP) is 2.92. The van der Waals surface area contributed by atoms with Crippen molar-refractivity contribution >= 4 is 16.7 Å². The molecule has 1 aromatic heterocycles. The number of benzene rings is 2. The van der Waals surface area contributed by atoms with Crippen molar-refractivity contribution in [3.8, 4) is 0 Å². The SMILES string of the molecule is Cc1ccc(F)cc1CNc1ccc2[nH]c(=O)[nH]c2c1. The van der Waals surface area contributed by atoms with Gasteiger partial charge in [-0.2, -0.15) is 0 Å². The van der Waals surface area contributed by atoms with Gasteiger partial charge in [-0.15, -0.1) is 0 Å². The van der Waals surface area contributed by atoms with E-state index in [4.69, 9.17) is 0 Å². The second-order valence-corrected chi connectivity index (χ2v) is 4.76. The van der Waals surface area contributed by atoms with Crippen molar-refractivity contribution < 1.29 is 4.39 Å². The molecule has 0 amide bonds. The van der Waals surface area contributed by atoms with Crippen LogP contribution in [0.1, 0.15) is 11.1 Å². The number of aromatic amines is 2. The lowest BCUT2D eigenvalue weighted by Crippen LogP contribution is -2.01. The largest absolute Gasteiger partial charge is 0.381 e. The normalized spacial score (nSPS) is 10.9. The molecule has 0 saturated carbocycles. The molecule has 0 spiro atoms. The third-order valence-electron chi connectivity index (χ3n) is 3.31. The average molecular weight is 271 g/mol. The Morgan fingerprint density at radius 2 is 1.90 bits per heavy atom. The zero-order chi connectivity index (χ0) is 14.1. The Morgan fingerprint density at radius 3 is 2.75 bits per heavy atom. The second-order valence-electron chi connectivity index (χ2n) is 4.76. The van der Waals surface area contributed by atoms with E-state index in [9.17, 15) is 9.18 Å². The molecule has 0 radical (unpaired) electrons. The molecule has 3 N–H and O–H groups in total. The number of aryl methyl sites for hydroxylation is 1. The summed E-state index contributed by atoms with van der Waals surface area (Å²) in [5, 5.41) is 3.23. The molecule has 2 aromatic carbocycles. The lowest BCUT2D eigenvalue weighted by atomic mass is 10.1. The van der Waals surface area contributed by atoms with Crippen LogP contribution in [-0.4, -0.2) is 9.97 Å². The highest BCUT2D eigenvalue weighted by Crippen LogP contribution is 2.17. The number of fused-ring (bicyclic) bond motifs is 1. The van der Waals surface area contributed by atoms with Gasteiger partial charge in [0.2, 0.25) is 0 Å². The Hall–Kier alpha value is -2.56. The quantitative estimate of drug-likeness (QED) is 0.686. The van der Waals surface area contributed by atoms with Gasteiger partial charge in [0.05, 0.1) is 11.0 Å². The highest BCUT2D eigenvalue weighted by Gasteiger charge is 2.02. The van der Waals surface area contributed by atoms with Crippen LogP contribution < -0.4 is 11.0 Å².